The molecule has 4 nitrogen and oxygen atoms in total. The van der Waals surface area contributed by atoms with Crippen molar-refractivity contribution in [3.05, 3.63) is 54.2 Å². The first-order valence-electron chi connectivity index (χ1n) is 5.26. The first-order chi connectivity index (χ1) is 8.49. The highest BCUT2D eigenvalue weighted by molar-refractivity contribution is 7.91. The topological polar surface area (TPSA) is 73.3 Å². The molecule has 0 bridgehead atoms. The minimum Gasteiger partial charge on any atom is -0.468 e. The molecule has 0 saturated heterocycles. The quantitative estimate of drug-likeness (QED) is 0.860. The molecule has 0 saturated carbocycles. The fraction of sp³-hybridized carbons (Fsp3) is 0.167. The van der Waals surface area contributed by atoms with Crippen LogP contribution in [0.25, 0.3) is 0 Å². The Morgan fingerprint density at radius 1 is 1.22 bits per heavy atom. The van der Waals surface area contributed by atoms with E-state index in [1.807, 2.05) is 0 Å². The van der Waals surface area contributed by atoms with Crippen molar-refractivity contribution >= 4 is 9.84 Å². The Morgan fingerprint density at radius 3 is 2.44 bits per heavy atom. The van der Waals surface area contributed by atoms with E-state index < -0.39 is 21.7 Å². The third kappa shape index (κ3) is 2.77. The molecule has 0 amide bonds. The first-order valence-corrected chi connectivity index (χ1v) is 6.91. The number of rotatable bonds is 4. The lowest BCUT2D eigenvalue weighted by Gasteiger charge is -2.09. The van der Waals surface area contributed by atoms with Crippen LogP contribution in [-0.2, 0) is 9.84 Å². The smallest absolute Gasteiger partial charge is 0.180 e. The number of furan rings is 1. The van der Waals surface area contributed by atoms with Crippen molar-refractivity contribution in [2.24, 2.45) is 5.73 Å². The van der Waals surface area contributed by atoms with Gasteiger partial charge < -0.3 is 10.2 Å². The Balaban J connectivity index is 2.20. The normalized spacial score (nSPS) is 13.4. The second-order valence-corrected chi connectivity index (χ2v) is 5.89. The molecule has 1 unspecified atom stereocenters. The molecule has 0 aliphatic carbocycles. The Hall–Kier alpha value is -1.66. The second-order valence-electron chi connectivity index (χ2n) is 3.86. The van der Waals surface area contributed by atoms with Crippen molar-refractivity contribution in [1.82, 2.24) is 0 Å². The summed E-state index contributed by atoms with van der Waals surface area (Å²) >= 11 is 0. The zero-order valence-corrected chi connectivity index (χ0v) is 10.2. The summed E-state index contributed by atoms with van der Waals surface area (Å²) in [6.45, 7) is 0. The summed E-state index contributed by atoms with van der Waals surface area (Å²) in [4.78, 5) is 0.0471. The Labute approximate surface area is 104 Å². The molecular weight excluding hydrogens is 257 g/mol. The van der Waals surface area contributed by atoms with Crippen molar-refractivity contribution in [1.29, 1.82) is 0 Å². The number of nitrogens with two attached hydrogens (primary N) is 1. The van der Waals surface area contributed by atoms with E-state index >= 15 is 0 Å². The lowest BCUT2D eigenvalue weighted by Crippen LogP contribution is -2.21. The molecule has 1 heterocycles. The average Bonchev–Trinajstić information content (AvgIpc) is 2.82. The van der Waals surface area contributed by atoms with E-state index in [1.165, 1.54) is 18.4 Å². The molecular formula is C12H12FNO3S. The summed E-state index contributed by atoms with van der Waals surface area (Å²) in [6.07, 6.45) is 1.43. The van der Waals surface area contributed by atoms with Gasteiger partial charge in [0.2, 0.25) is 0 Å². The molecule has 1 atom stereocenters. The lowest BCUT2D eigenvalue weighted by atomic mass is 10.3. The van der Waals surface area contributed by atoms with Crippen LogP contribution in [0.1, 0.15) is 11.8 Å². The molecule has 18 heavy (non-hydrogen) atoms. The van der Waals surface area contributed by atoms with E-state index in [4.69, 9.17) is 10.2 Å². The highest BCUT2D eigenvalue weighted by Crippen LogP contribution is 2.18. The molecule has 0 spiro atoms. The Kier molecular flexibility index (Phi) is 3.49. The zero-order chi connectivity index (χ0) is 13.2. The fourth-order valence-electron chi connectivity index (χ4n) is 1.56. The van der Waals surface area contributed by atoms with E-state index in [0.29, 0.717) is 5.76 Å². The summed E-state index contributed by atoms with van der Waals surface area (Å²) < 4.78 is 41.8. The van der Waals surface area contributed by atoms with E-state index in [1.54, 1.807) is 12.1 Å². The molecule has 2 N–H and O–H groups in total. The van der Waals surface area contributed by atoms with Gasteiger partial charge in [-0.15, -0.1) is 0 Å². The van der Waals surface area contributed by atoms with Gasteiger partial charge in [-0.1, -0.05) is 0 Å². The van der Waals surface area contributed by atoms with Crippen molar-refractivity contribution in [3.8, 4) is 0 Å². The molecule has 1 aromatic carbocycles. The summed E-state index contributed by atoms with van der Waals surface area (Å²) in [5, 5.41) is 0. The molecule has 96 valence electrons. The van der Waals surface area contributed by atoms with Gasteiger partial charge >= 0.3 is 0 Å². The van der Waals surface area contributed by atoms with Crippen LogP contribution in [0.4, 0.5) is 4.39 Å². The maximum atomic E-state index is 12.7. The van der Waals surface area contributed by atoms with Crippen LogP contribution < -0.4 is 5.73 Å². The Bertz CT molecular complexity index is 605. The number of benzene rings is 1. The maximum absolute atomic E-state index is 12.7. The van der Waals surface area contributed by atoms with E-state index in [0.717, 1.165) is 12.1 Å². The lowest BCUT2D eigenvalue weighted by molar-refractivity contribution is 0.477. The summed E-state index contributed by atoms with van der Waals surface area (Å²) in [5.41, 5.74) is 5.75. The van der Waals surface area contributed by atoms with Crippen molar-refractivity contribution in [2.75, 3.05) is 5.75 Å². The number of hydrogen-bond donors (Lipinski definition) is 1. The van der Waals surface area contributed by atoms with E-state index in [9.17, 15) is 12.8 Å². The van der Waals surface area contributed by atoms with Gasteiger partial charge in [0.15, 0.2) is 9.84 Å². The minimum absolute atomic E-state index is 0.0471. The first kappa shape index (κ1) is 12.8. The van der Waals surface area contributed by atoms with Gasteiger partial charge in [0, 0.05) is 0 Å². The minimum atomic E-state index is -3.55. The highest BCUT2D eigenvalue weighted by Gasteiger charge is 2.21. The highest BCUT2D eigenvalue weighted by atomic mass is 32.2. The van der Waals surface area contributed by atoms with Gasteiger partial charge in [0.05, 0.1) is 23.0 Å². The molecule has 0 fully saturated rings. The number of hydrogen-bond acceptors (Lipinski definition) is 4. The van der Waals surface area contributed by atoms with Gasteiger partial charge in [-0.2, -0.15) is 0 Å². The van der Waals surface area contributed by atoms with Gasteiger partial charge in [-0.05, 0) is 36.4 Å². The fourth-order valence-corrected chi connectivity index (χ4v) is 2.94. The van der Waals surface area contributed by atoms with Crippen molar-refractivity contribution in [2.45, 2.75) is 10.9 Å². The van der Waals surface area contributed by atoms with Crippen LogP contribution in [0.5, 0.6) is 0 Å². The molecule has 1 aromatic heterocycles. The monoisotopic (exact) mass is 269 g/mol. The third-order valence-electron chi connectivity index (χ3n) is 2.48. The van der Waals surface area contributed by atoms with E-state index in [-0.39, 0.29) is 10.6 Å². The number of halogens is 1. The van der Waals surface area contributed by atoms with Crippen LogP contribution in [-0.4, -0.2) is 14.2 Å². The average molecular weight is 269 g/mol. The molecule has 0 aliphatic rings. The van der Waals surface area contributed by atoms with Gasteiger partial charge in [-0.25, -0.2) is 12.8 Å². The maximum Gasteiger partial charge on any atom is 0.180 e. The summed E-state index contributed by atoms with van der Waals surface area (Å²) in [6, 6.07) is 7.16. The molecule has 2 aromatic rings. The van der Waals surface area contributed by atoms with Crippen LogP contribution in [0.15, 0.2) is 52.0 Å². The number of sulfone groups is 1. The Morgan fingerprint density at radius 2 is 1.89 bits per heavy atom. The second kappa shape index (κ2) is 4.91. The van der Waals surface area contributed by atoms with Crippen molar-refractivity contribution in [3.63, 3.8) is 0 Å². The zero-order valence-electron chi connectivity index (χ0n) is 9.41. The van der Waals surface area contributed by atoms with Crippen LogP contribution in [0.2, 0.25) is 0 Å². The van der Waals surface area contributed by atoms with Crippen molar-refractivity contribution < 1.29 is 17.2 Å². The third-order valence-corrected chi connectivity index (χ3v) is 4.27. The molecule has 0 aliphatic heterocycles. The van der Waals surface area contributed by atoms with Gasteiger partial charge in [0.25, 0.3) is 0 Å². The SMILES string of the molecule is NC(CS(=O)(=O)c1ccc(F)cc1)c1ccco1. The van der Waals surface area contributed by atoms with Gasteiger partial charge in [0.1, 0.15) is 11.6 Å². The van der Waals surface area contributed by atoms with Crippen LogP contribution >= 0.6 is 0 Å². The standard InChI is InChI=1S/C12H12FNO3S/c13-9-3-5-10(6-4-9)18(15,16)8-11(14)12-2-1-7-17-12/h1-7,11H,8,14H2. The van der Waals surface area contributed by atoms with Crippen LogP contribution in [0, 0.1) is 5.82 Å². The summed E-state index contributed by atoms with van der Waals surface area (Å²) in [7, 11) is -3.55. The molecule has 6 heteroatoms. The summed E-state index contributed by atoms with van der Waals surface area (Å²) in [5.74, 6) is -0.364. The largest absolute Gasteiger partial charge is 0.468 e. The molecule has 0 radical (unpaired) electrons. The predicted molar refractivity (Wildman–Crippen MR) is 64.1 cm³/mol. The predicted octanol–water partition coefficient (Wildman–Crippen LogP) is 1.89. The molecule has 2 rings (SSSR count). The van der Waals surface area contributed by atoms with Crippen LogP contribution in [0.3, 0.4) is 0 Å². The van der Waals surface area contributed by atoms with Gasteiger partial charge in [-0.3, -0.25) is 0 Å². The van der Waals surface area contributed by atoms with E-state index in [2.05, 4.69) is 0 Å².